The summed E-state index contributed by atoms with van der Waals surface area (Å²) in [6.45, 7) is 11.5. The number of para-hydroxylation sites is 1. The van der Waals surface area contributed by atoms with Crippen LogP contribution in [0.25, 0.3) is 0 Å². The molecule has 0 saturated carbocycles. The SMILES string of the molecule is CCN(CC1(C)CCCNC1)c1ccccc1C. The van der Waals surface area contributed by atoms with Crippen molar-refractivity contribution in [1.82, 2.24) is 5.32 Å². The van der Waals surface area contributed by atoms with Crippen molar-refractivity contribution < 1.29 is 0 Å². The Labute approximate surface area is 111 Å². The van der Waals surface area contributed by atoms with E-state index in [9.17, 15) is 0 Å². The van der Waals surface area contributed by atoms with E-state index in [-0.39, 0.29) is 0 Å². The lowest BCUT2D eigenvalue weighted by Crippen LogP contribution is -2.46. The second kappa shape index (κ2) is 5.75. The molecule has 1 fully saturated rings. The first-order valence-electron chi connectivity index (χ1n) is 7.16. The van der Waals surface area contributed by atoms with Crippen molar-refractivity contribution in [3.8, 4) is 0 Å². The van der Waals surface area contributed by atoms with Gasteiger partial charge < -0.3 is 10.2 Å². The van der Waals surface area contributed by atoms with E-state index >= 15 is 0 Å². The molecular formula is C16H26N2. The Morgan fingerprint density at radius 3 is 2.72 bits per heavy atom. The van der Waals surface area contributed by atoms with Crippen molar-refractivity contribution in [2.45, 2.75) is 33.6 Å². The van der Waals surface area contributed by atoms with Crippen LogP contribution in [0.4, 0.5) is 5.69 Å². The maximum Gasteiger partial charge on any atom is 0.0396 e. The summed E-state index contributed by atoms with van der Waals surface area (Å²) >= 11 is 0. The maximum absolute atomic E-state index is 3.54. The van der Waals surface area contributed by atoms with Crippen LogP contribution in [0.3, 0.4) is 0 Å². The number of hydrogen-bond acceptors (Lipinski definition) is 2. The van der Waals surface area contributed by atoms with E-state index in [0.29, 0.717) is 5.41 Å². The van der Waals surface area contributed by atoms with Gasteiger partial charge in [0.1, 0.15) is 0 Å². The van der Waals surface area contributed by atoms with Crippen molar-refractivity contribution in [3.63, 3.8) is 0 Å². The third kappa shape index (κ3) is 3.05. The summed E-state index contributed by atoms with van der Waals surface area (Å²) in [5.74, 6) is 0. The zero-order valence-electron chi connectivity index (χ0n) is 12.0. The van der Waals surface area contributed by atoms with Gasteiger partial charge in [0.15, 0.2) is 0 Å². The Morgan fingerprint density at radius 1 is 1.33 bits per heavy atom. The number of anilines is 1. The summed E-state index contributed by atoms with van der Waals surface area (Å²) in [5, 5.41) is 3.54. The minimum atomic E-state index is 0.413. The molecule has 1 heterocycles. The molecule has 0 aliphatic carbocycles. The molecule has 0 amide bonds. The van der Waals surface area contributed by atoms with Gasteiger partial charge in [0.25, 0.3) is 0 Å². The van der Waals surface area contributed by atoms with Gasteiger partial charge in [-0.05, 0) is 50.3 Å². The summed E-state index contributed by atoms with van der Waals surface area (Å²) in [6.07, 6.45) is 2.64. The molecule has 0 bridgehead atoms. The molecule has 1 saturated heterocycles. The van der Waals surface area contributed by atoms with Crippen molar-refractivity contribution >= 4 is 5.69 Å². The van der Waals surface area contributed by atoms with E-state index in [2.05, 4.69) is 55.3 Å². The standard InChI is InChI=1S/C16H26N2/c1-4-18(15-9-6-5-8-14(15)2)13-16(3)10-7-11-17-12-16/h5-6,8-9,17H,4,7,10-13H2,1-3H3. The maximum atomic E-state index is 3.54. The minimum Gasteiger partial charge on any atom is -0.371 e. The first-order chi connectivity index (χ1) is 8.64. The second-order valence-electron chi connectivity index (χ2n) is 5.89. The average molecular weight is 246 g/mol. The van der Waals surface area contributed by atoms with E-state index in [1.165, 1.54) is 30.6 Å². The lowest BCUT2D eigenvalue weighted by molar-refractivity contribution is 0.241. The molecule has 1 atom stereocenters. The highest BCUT2D eigenvalue weighted by Crippen LogP contribution is 2.29. The molecule has 1 aromatic carbocycles. The molecular weight excluding hydrogens is 220 g/mol. The number of hydrogen-bond donors (Lipinski definition) is 1. The van der Waals surface area contributed by atoms with Gasteiger partial charge in [-0.15, -0.1) is 0 Å². The zero-order chi connectivity index (χ0) is 13.0. The Kier molecular flexibility index (Phi) is 4.28. The van der Waals surface area contributed by atoms with Crippen LogP contribution in [0.2, 0.25) is 0 Å². The highest BCUT2D eigenvalue weighted by Gasteiger charge is 2.29. The highest BCUT2D eigenvalue weighted by molar-refractivity contribution is 5.53. The van der Waals surface area contributed by atoms with Gasteiger partial charge in [0.05, 0.1) is 0 Å². The highest BCUT2D eigenvalue weighted by atomic mass is 15.1. The molecule has 2 nitrogen and oxygen atoms in total. The largest absolute Gasteiger partial charge is 0.371 e. The molecule has 1 unspecified atom stereocenters. The van der Waals surface area contributed by atoms with Crippen molar-refractivity contribution in [2.75, 3.05) is 31.1 Å². The Morgan fingerprint density at radius 2 is 2.11 bits per heavy atom. The van der Waals surface area contributed by atoms with Gasteiger partial charge in [-0.1, -0.05) is 25.1 Å². The first-order valence-corrected chi connectivity index (χ1v) is 7.16. The van der Waals surface area contributed by atoms with Crippen LogP contribution in [0.1, 0.15) is 32.3 Å². The van der Waals surface area contributed by atoms with E-state index in [0.717, 1.165) is 19.6 Å². The van der Waals surface area contributed by atoms with Crippen LogP contribution >= 0.6 is 0 Å². The number of benzene rings is 1. The quantitative estimate of drug-likeness (QED) is 0.877. The smallest absolute Gasteiger partial charge is 0.0396 e. The van der Waals surface area contributed by atoms with Crippen LogP contribution in [0.15, 0.2) is 24.3 Å². The monoisotopic (exact) mass is 246 g/mol. The van der Waals surface area contributed by atoms with Crippen molar-refractivity contribution in [2.24, 2.45) is 5.41 Å². The number of piperidine rings is 1. The molecule has 2 rings (SSSR count). The van der Waals surface area contributed by atoms with E-state index < -0.39 is 0 Å². The van der Waals surface area contributed by atoms with Crippen molar-refractivity contribution in [3.05, 3.63) is 29.8 Å². The van der Waals surface area contributed by atoms with Crippen LogP contribution in [0.5, 0.6) is 0 Å². The predicted molar refractivity (Wildman–Crippen MR) is 79.3 cm³/mol. The molecule has 100 valence electrons. The number of rotatable bonds is 4. The van der Waals surface area contributed by atoms with Crippen LogP contribution in [-0.2, 0) is 0 Å². The summed E-state index contributed by atoms with van der Waals surface area (Å²) in [7, 11) is 0. The molecule has 0 spiro atoms. The Bertz CT molecular complexity index is 380. The molecule has 1 aliphatic heterocycles. The summed E-state index contributed by atoms with van der Waals surface area (Å²) in [6, 6.07) is 8.72. The van der Waals surface area contributed by atoms with E-state index in [1.807, 2.05) is 0 Å². The van der Waals surface area contributed by atoms with Gasteiger partial charge in [-0.2, -0.15) is 0 Å². The average Bonchev–Trinajstić information content (AvgIpc) is 2.38. The van der Waals surface area contributed by atoms with Crippen molar-refractivity contribution in [1.29, 1.82) is 0 Å². The number of aryl methyl sites for hydroxylation is 1. The lowest BCUT2D eigenvalue weighted by atomic mass is 9.82. The molecule has 1 aliphatic rings. The summed E-state index contributed by atoms with van der Waals surface area (Å²) < 4.78 is 0. The van der Waals surface area contributed by atoms with Gasteiger partial charge in [0, 0.05) is 25.3 Å². The van der Waals surface area contributed by atoms with Gasteiger partial charge in [0.2, 0.25) is 0 Å². The fraction of sp³-hybridized carbons (Fsp3) is 0.625. The van der Waals surface area contributed by atoms with Gasteiger partial charge in [-0.3, -0.25) is 0 Å². The zero-order valence-corrected chi connectivity index (χ0v) is 12.0. The molecule has 0 aromatic heterocycles. The fourth-order valence-corrected chi connectivity index (χ4v) is 3.00. The van der Waals surface area contributed by atoms with Crippen LogP contribution in [0, 0.1) is 12.3 Å². The van der Waals surface area contributed by atoms with Gasteiger partial charge >= 0.3 is 0 Å². The third-order valence-electron chi connectivity index (χ3n) is 4.10. The molecule has 1 N–H and O–H groups in total. The lowest BCUT2D eigenvalue weighted by Gasteiger charge is -2.39. The normalized spacial score (nSPS) is 23.9. The predicted octanol–water partition coefficient (Wildman–Crippen LogP) is 3.21. The number of nitrogens with zero attached hydrogens (tertiary/aromatic N) is 1. The third-order valence-corrected chi connectivity index (χ3v) is 4.10. The van der Waals surface area contributed by atoms with E-state index in [1.54, 1.807) is 0 Å². The Hall–Kier alpha value is -1.02. The summed E-state index contributed by atoms with van der Waals surface area (Å²) in [4.78, 5) is 2.53. The van der Waals surface area contributed by atoms with Gasteiger partial charge in [-0.25, -0.2) is 0 Å². The topological polar surface area (TPSA) is 15.3 Å². The molecule has 0 radical (unpaired) electrons. The minimum absolute atomic E-state index is 0.413. The molecule has 18 heavy (non-hydrogen) atoms. The second-order valence-corrected chi connectivity index (χ2v) is 5.89. The fourth-order valence-electron chi connectivity index (χ4n) is 3.00. The molecule has 2 heteroatoms. The van der Waals surface area contributed by atoms with Crippen LogP contribution < -0.4 is 10.2 Å². The summed E-state index contributed by atoms with van der Waals surface area (Å²) in [5.41, 5.74) is 3.19. The molecule has 1 aromatic rings. The number of nitrogens with one attached hydrogen (secondary N) is 1. The Balaban J connectivity index is 2.12. The van der Waals surface area contributed by atoms with E-state index in [4.69, 9.17) is 0 Å². The van der Waals surface area contributed by atoms with Crippen LogP contribution in [-0.4, -0.2) is 26.2 Å². The first kappa shape index (κ1) is 13.4.